The molecule has 1 atom stereocenters. The average molecular weight is 170 g/mol. The molecule has 5 heteroatoms. The minimum atomic E-state index is -0.702. The summed E-state index contributed by atoms with van der Waals surface area (Å²) in [5.74, 6) is -0.365. The molecule has 0 aromatic carbocycles. The molecule has 66 valence electrons. The summed E-state index contributed by atoms with van der Waals surface area (Å²) in [4.78, 5) is 14.1. The Kier molecular flexibility index (Phi) is 2.44. The van der Waals surface area contributed by atoms with Crippen molar-refractivity contribution in [1.29, 1.82) is 0 Å². The monoisotopic (exact) mass is 170 g/mol. The molecule has 0 fully saturated rings. The topological polar surface area (TPSA) is 89.4 Å². The zero-order chi connectivity index (χ0) is 9.14. The molecule has 3 N–H and O–H groups in total. The Morgan fingerprint density at radius 1 is 1.92 bits per heavy atom. The maximum absolute atomic E-state index is 10.5. The Balaban J connectivity index is 2.71. The van der Waals surface area contributed by atoms with Gasteiger partial charge in [0.25, 0.3) is 5.89 Å². The van der Waals surface area contributed by atoms with Crippen LogP contribution >= 0.6 is 0 Å². The van der Waals surface area contributed by atoms with E-state index in [0.29, 0.717) is 12.2 Å². The summed E-state index contributed by atoms with van der Waals surface area (Å²) in [6, 6.07) is 0. The van der Waals surface area contributed by atoms with Gasteiger partial charge in [0.1, 0.15) is 5.76 Å². The molecule has 0 aliphatic heterocycles. The number of carbonyl (C=O) groups excluding carboxylic acids is 1. The van der Waals surface area contributed by atoms with Crippen LogP contribution in [0.1, 0.15) is 23.4 Å². The number of hydrogen-bond donors (Lipinski definition) is 2. The van der Waals surface area contributed by atoms with Crippen molar-refractivity contribution in [2.45, 2.75) is 19.4 Å². The number of aliphatic hydroxyl groups is 1. The first kappa shape index (κ1) is 8.73. The van der Waals surface area contributed by atoms with Gasteiger partial charge in [-0.05, 0) is 6.92 Å². The molecule has 0 bridgehead atoms. The smallest absolute Gasteiger partial charge is 0.304 e. The number of carbonyl (C=O) groups is 1. The molecule has 1 aromatic heterocycles. The second-order valence-corrected chi connectivity index (χ2v) is 2.55. The molecule has 1 heterocycles. The van der Waals surface area contributed by atoms with Crippen molar-refractivity contribution in [1.82, 2.24) is 4.98 Å². The number of amides is 1. The van der Waals surface area contributed by atoms with E-state index in [4.69, 9.17) is 15.3 Å². The van der Waals surface area contributed by atoms with Gasteiger partial charge in [-0.3, -0.25) is 4.79 Å². The SMILES string of the molecule is CC(O)Cc1cnc(C(N)=O)o1. The first-order valence-electron chi connectivity index (χ1n) is 3.52. The van der Waals surface area contributed by atoms with E-state index < -0.39 is 12.0 Å². The minimum absolute atomic E-state index is 0.120. The fraction of sp³-hybridized carbons (Fsp3) is 0.429. The summed E-state index contributed by atoms with van der Waals surface area (Å²) in [7, 11) is 0. The first-order valence-corrected chi connectivity index (χ1v) is 3.52. The van der Waals surface area contributed by atoms with Gasteiger partial charge in [-0.2, -0.15) is 0 Å². The van der Waals surface area contributed by atoms with Crippen LogP contribution in [0, 0.1) is 0 Å². The van der Waals surface area contributed by atoms with Crippen molar-refractivity contribution in [3.8, 4) is 0 Å². The lowest BCUT2D eigenvalue weighted by molar-refractivity contribution is 0.0963. The molecule has 1 rings (SSSR count). The predicted octanol–water partition coefficient (Wildman–Crippen LogP) is -0.303. The summed E-state index contributed by atoms with van der Waals surface area (Å²) < 4.78 is 4.91. The molecule has 12 heavy (non-hydrogen) atoms. The normalized spacial score (nSPS) is 12.8. The highest BCUT2D eigenvalue weighted by Crippen LogP contribution is 2.05. The number of rotatable bonds is 3. The van der Waals surface area contributed by atoms with Crippen molar-refractivity contribution in [2.75, 3.05) is 0 Å². The molecule has 0 aliphatic rings. The van der Waals surface area contributed by atoms with Gasteiger partial charge < -0.3 is 15.3 Å². The number of nitrogens with two attached hydrogens (primary N) is 1. The van der Waals surface area contributed by atoms with Gasteiger partial charge in [-0.25, -0.2) is 4.98 Å². The van der Waals surface area contributed by atoms with E-state index in [1.165, 1.54) is 6.20 Å². The highest BCUT2D eigenvalue weighted by molar-refractivity contribution is 5.87. The van der Waals surface area contributed by atoms with E-state index in [1.807, 2.05) is 0 Å². The highest BCUT2D eigenvalue weighted by Gasteiger charge is 2.10. The lowest BCUT2D eigenvalue weighted by Gasteiger charge is -1.97. The zero-order valence-electron chi connectivity index (χ0n) is 6.65. The summed E-state index contributed by atoms with van der Waals surface area (Å²) in [5, 5.41) is 8.95. The third-order valence-corrected chi connectivity index (χ3v) is 1.26. The molecule has 0 aliphatic carbocycles. The molecule has 0 saturated heterocycles. The summed E-state index contributed by atoms with van der Waals surface area (Å²) in [5.41, 5.74) is 4.90. The van der Waals surface area contributed by atoms with Gasteiger partial charge in [-0.15, -0.1) is 0 Å². The Morgan fingerprint density at radius 3 is 3.00 bits per heavy atom. The third-order valence-electron chi connectivity index (χ3n) is 1.26. The number of primary amides is 1. The average Bonchev–Trinajstić information content (AvgIpc) is 2.34. The highest BCUT2D eigenvalue weighted by atomic mass is 16.4. The summed E-state index contributed by atoms with van der Waals surface area (Å²) >= 11 is 0. The van der Waals surface area contributed by atoms with Gasteiger partial charge in [0.2, 0.25) is 0 Å². The van der Waals surface area contributed by atoms with Crippen LogP contribution in [0.2, 0.25) is 0 Å². The summed E-state index contributed by atoms with van der Waals surface area (Å²) in [6.45, 7) is 1.62. The van der Waals surface area contributed by atoms with Crippen molar-refractivity contribution >= 4 is 5.91 Å². The molecule has 1 amide bonds. The fourth-order valence-electron chi connectivity index (χ4n) is 0.807. The largest absolute Gasteiger partial charge is 0.437 e. The van der Waals surface area contributed by atoms with E-state index in [1.54, 1.807) is 6.92 Å². The minimum Gasteiger partial charge on any atom is -0.437 e. The van der Waals surface area contributed by atoms with Gasteiger partial charge in [0.15, 0.2) is 0 Å². The Morgan fingerprint density at radius 2 is 2.58 bits per heavy atom. The lowest BCUT2D eigenvalue weighted by Crippen LogP contribution is -2.10. The standard InChI is InChI=1S/C7H10N2O3/c1-4(10)2-5-3-9-7(12-5)6(8)11/h3-4,10H,2H2,1H3,(H2,8,11). The number of oxazole rings is 1. The molecular formula is C7H10N2O3. The number of aromatic nitrogens is 1. The van der Waals surface area contributed by atoms with Crippen LogP contribution in [-0.4, -0.2) is 22.1 Å². The zero-order valence-corrected chi connectivity index (χ0v) is 6.65. The van der Waals surface area contributed by atoms with Crippen LogP contribution in [0.3, 0.4) is 0 Å². The van der Waals surface area contributed by atoms with E-state index in [9.17, 15) is 4.79 Å². The number of nitrogens with zero attached hydrogens (tertiary/aromatic N) is 1. The van der Waals surface area contributed by atoms with Crippen molar-refractivity contribution in [2.24, 2.45) is 5.73 Å². The van der Waals surface area contributed by atoms with Crippen LogP contribution in [0.4, 0.5) is 0 Å². The maximum atomic E-state index is 10.5. The van der Waals surface area contributed by atoms with Crippen LogP contribution < -0.4 is 5.73 Å². The van der Waals surface area contributed by atoms with E-state index in [-0.39, 0.29) is 5.89 Å². The molecule has 5 nitrogen and oxygen atoms in total. The van der Waals surface area contributed by atoms with Gasteiger partial charge in [0.05, 0.1) is 12.3 Å². The van der Waals surface area contributed by atoms with Gasteiger partial charge in [-0.1, -0.05) is 0 Å². The molecule has 0 saturated carbocycles. The first-order chi connectivity index (χ1) is 5.59. The van der Waals surface area contributed by atoms with Crippen molar-refractivity contribution in [3.05, 3.63) is 17.8 Å². The maximum Gasteiger partial charge on any atom is 0.304 e. The van der Waals surface area contributed by atoms with Crippen molar-refractivity contribution in [3.63, 3.8) is 0 Å². The second-order valence-electron chi connectivity index (χ2n) is 2.55. The Labute approximate surface area is 69.2 Å². The lowest BCUT2D eigenvalue weighted by atomic mass is 10.2. The second kappa shape index (κ2) is 3.36. The molecule has 1 unspecified atom stereocenters. The summed E-state index contributed by atoms with van der Waals surface area (Å²) in [6.07, 6.45) is 1.20. The Bertz CT molecular complexity index is 280. The molecule has 1 aromatic rings. The number of aliphatic hydroxyl groups excluding tert-OH is 1. The number of hydrogen-bond acceptors (Lipinski definition) is 4. The molecular weight excluding hydrogens is 160 g/mol. The Hall–Kier alpha value is -1.36. The predicted molar refractivity (Wildman–Crippen MR) is 40.4 cm³/mol. The van der Waals surface area contributed by atoms with E-state index in [2.05, 4.69) is 4.98 Å². The van der Waals surface area contributed by atoms with Gasteiger partial charge in [0, 0.05) is 6.42 Å². The van der Waals surface area contributed by atoms with E-state index in [0.717, 1.165) is 0 Å². The third kappa shape index (κ3) is 2.06. The van der Waals surface area contributed by atoms with Crippen LogP contribution in [0.25, 0.3) is 0 Å². The van der Waals surface area contributed by atoms with Crippen molar-refractivity contribution < 1.29 is 14.3 Å². The molecule has 0 radical (unpaired) electrons. The molecule has 0 spiro atoms. The van der Waals surface area contributed by atoms with Crippen LogP contribution in [-0.2, 0) is 6.42 Å². The van der Waals surface area contributed by atoms with E-state index >= 15 is 0 Å². The van der Waals surface area contributed by atoms with Crippen LogP contribution in [0.5, 0.6) is 0 Å². The fourth-order valence-corrected chi connectivity index (χ4v) is 0.807. The quantitative estimate of drug-likeness (QED) is 0.651. The van der Waals surface area contributed by atoms with Gasteiger partial charge >= 0.3 is 5.91 Å². The van der Waals surface area contributed by atoms with Crippen LogP contribution in [0.15, 0.2) is 10.6 Å².